The highest BCUT2D eigenvalue weighted by molar-refractivity contribution is 7.85. The van der Waals surface area contributed by atoms with Gasteiger partial charge in [-0.25, -0.2) is 9.18 Å². The van der Waals surface area contributed by atoms with Crippen LogP contribution in [0.15, 0.2) is 32.8 Å². The molecule has 1 heterocycles. The van der Waals surface area contributed by atoms with Crippen LogP contribution in [0.2, 0.25) is 0 Å². The van der Waals surface area contributed by atoms with E-state index in [9.17, 15) is 31.4 Å². The van der Waals surface area contributed by atoms with E-state index < -0.39 is 45.5 Å². The Labute approximate surface area is 134 Å². The zero-order valence-electron chi connectivity index (χ0n) is 12.4. The molecule has 0 bridgehead atoms. The minimum absolute atomic E-state index is 0.0386. The summed E-state index contributed by atoms with van der Waals surface area (Å²) in [6, 6.07) is 1.73. The van der Waals surface area contributed by atoms with Crippen LogP contribution in [0, 0.1) is 12.7 Å². The second-order valence-electron chi connectivity index (χ2n) is 4.91. The van der Waals surface area contributed by atoms with Crippen LogP contribution >= 0.6 is 0 Å². The van der Waals surface area contributed by atoms with E-state index in [1.54, 1.807) is 0 Å². The molecule has 1 unspecified atom stereocenters. The van der Waals surface area contributed by atoms with Crippen LogP contribution in [0.25, 0.3) is 5.69 Å². The Bertz CT molecular complexity index is 934. The topological polar surface area (TPSA) is 74.0 Å². The fourth-order valence-electron chi connectivity index (χ4n) is 1.92. The third-order valence-electron chi connectivity index (χ3n) is 3.09. The third-order valence-corrected chi connectivity index (χ3v) is 4.61. The maximum absolute atomic E-state index is 14.1. The highest BCUT2D eigenvalue weighted by atomic mass is 32.2. The van der Waals surface area contributed by atoms with Crippen LogP contribution in [0.3, 0.4) is 0 Å². The van der Waals surface area contributed by atoms with Crippen molar-refractivity contribution >= 4 is 10.8 Å². The number of nitrogens with zero attached hydrogens (tertiary/aromatic N) is 3. The minimum atomic E-state index is -4.67. The van der Waals surface area contributed by atoms with Crippen LogP contribution < -0.4 is 11.2 Å². The number of aryl methyl sites for hydroxylation is 1. The van der Waals surface area contributed by atoms with Gasteiger partial charge in [-0.3, -0.25) is 13.6 Å². The maximum atomic E-state index is 14.1. The number of aromatic nitrogens is 3. The van der Waals surface area contributed by atoms with Crippen LogP contribution in [0.5, 0.6) is 0 Å². The number of halogens is 4. The van der Waals surface area contributed by atoms with Crippen LogP contribution in [-0.4, -0.2) is 30.5 Å². The van der Waals surface area contributed by atoms with Gasteiger partial charge in [0.2, 0.25) is 0 Å². The average molecular weight is 365 g/mol. The molecular formula is C13H11F4N3O3S. The van der Waals surface area contributed by atoms with E-state index in [2.05, 4.69) is 5.10 Å². The van der Waals surface area contributed by atoms with Crippen molar-refractivity contribution in [1.29, 1.82) is 0 Å². The molecule has 0 saturated heterocycles. The van der Waals surface area contributed by atoms with Crippen LogP contribution in [0.4, 0.5) is 17.6 Å². The molecule has 0 spiro atoms. The predicted octanol–water partition coefficient (Wildman–Crippen LogP) is 1.05. The molecule has 0 aliphatic heterocycles. The summed E-state index contributed by atoms with van der Waals surface area (Å²) in [5.41, 5.74) is -2.18. The van der Waals surface area contributed by atoms with Crippen molar-refractivity contribution < 1.29 is 21.8 Å². The SMILES string of the molecule is Cc1cc(F)c(-n2ncc(=O)n(C)c2=O)cc1S(=O)CC(F)(F)F. The summed E-state index contributed by atoms with van der Waals surface area (Å²) in [6.07, 6.45) is -3.91. The summed E-state index contributed by atoms with van der Waals surface area (Å²) in [7, 11) is -1.34. The van der Waals surface area contributed by atoms with Gasteiger partial charge in [0.15, 0.2) is 0 Å². The van der Waals surface area contributed by atoms with Gasteiger partial charge >= 0.3 is 11.9 Å². The summed E-state index contributed by atoms with van der Waals surface area (Å²) in [6.45, 7) is 1.30. The summed E-state index contributed by atoms with van der Waals surface area (Å²) < 4.78 is 64.4. The van der Waals surface area contributed by atoms with Gasteiger partial charge in [-0.15, -0.1) is 0 Å². The number of alkyl halides is 3. The molecule has 0 radical (unpaired) electrons. The van der Waals surface area contributed by atoms with Gasteiger partial charge in [-0.1, -0.05) is 0 Å². The normalized spacial score (nSPS) is 13.1. The van der Waals surface area contributed by atoms with E-state index in [1.807, 2.05) is 0 Å². The van der Waals surface area contributed by atoms with Crippen molar-refractivity contribution in [2.24, 2.45) is 7.05 Å². The van der Waals surface area contributed by atoms with Crippen molar-refractivity contribution in [2.75, 3.05) is 5.75 Å². The Hall–Kier alpha value is -2.30. The van der Waals surface area contributed by atoms with Crippen molar-refractivity contribution in [3.63, 3.8) is 0 Å². The Balaban J connectivity index is 2.64. The van der Waals surface area contributed by atoms with Crippen molar-refractivity contribution in [3.05, 3.63) is 50.5 Å². The van der Waals surface area contributed by atoms with Gasteiger partial charge in [-0.2, -0.15) is 23.0 Å². The number of hydrogen-bond donors (Lipinski definition) is 0. The van der Waals surface area contributed by atoms with Crippen molar-refractivity contribution in [2.45, 2.75) is 18.0 Å². The second-order valence-corrected chi connectivity index (χ2v) is 6.33. The lowest BCUT2D eigenvalue weighted by atomic mass is 10.2. The maximum Gasteiger partial charge on any atom is 0.400 e. The molecule has 0 N–H and O–H groups in total. The summed E-state index contributed by atoms with van der Waals surface area (Å²) in [5.74, 6) is -2.55. The average Bonchev–Trinajstić information content (AvgIpc) is 2.44. The highest BCUT2D eigenvalue weighted by Gasteiger charge is 2.32. The molecule has 0 aliphatic carbocycles. The zero-order chi connectivity index (χ0) is 18.2. The lowest BCUT2D eigenvalue weighted by Crippen LogP contribution is -2.38. The first kappa shape index (κ1) is 18.0. The summed E-state index contributed by atoms with van der Waals surface area (Å²) in [5, 5.41) is 3.48. The summed E-state index contributed by atoms with van der Waals surface area (Å²) in [4.78, 5) is 23.0. The Morgan fingerprint density at radius 2 is 1.88 bits per heavy atom. The fourth-order valence-corrected chi connectivity index (χ4v) is 3.03. The molecule has 1 aromatic carbocycles. The molecule has 1 atom stereocenters. The Kier molecular flexibility index (Phi) is 4.74. The molecule has 0 aliphatic rings. The highest BCUT2D eigenvalue weighted by Crippen LogP contribution is 2.24. The third kappa shape index (κ3) is 3.61. The molecule has 0 fully saturated rings. The largest absolute Gasteiger partial charge is 0.400 e. The minimum Gasteiger partial charge on any atom is -0.267 e. The van der Waals surface area contributed by atoms with E-state index in [4.69, 9.17) is 0 Å². The predicted molar refractivity (Wildman–Crippen MR) is 77.1 cm³/mol. The molecule has 2 aromatic rings. The molecule has 0 saturated carbocycles. The molecule has 6 nitrogen and oxygen atoms in total. The van der Waals surface area contributed by atoms with Crippen LogP contribution in [0.1, 0.15) is 5.56 Å². The first-order chi connectivity index (χ1) is 11.0. The van der Waals surface area contributed by atoms with Crippen molar-refractivity contribution in [3.8, 4) is 5.69 Å². The van der Waals surface area contributed by atoms with E-state index in [1.165, 1.54) is 6.92 Å². The van der Waals surface area contributed by atoms with Gasteiger partial charge in [0.1, 0.15) is 23.5 Å². The molecule has 2 rings (SSSR count). The number of benzene rings is 1. The van der Waals surface area contributed by atoms with E-state index in [-0.39, 0.29) is 10.5 Å². The molecular weight excluding hydrogens is 354 g/mol. The van der Waals surface area contributed by atoms with Gasteiger partial charge in [-0.05, 0) is 24.6 Å². The van der Waals surface area contributed by atoms with E-state index in [0.29, 0.717) is 9.25 Å². The fraction of sp³-hybridized carbons (Fsp3) is 0.308. The molecule has 1 aromatic heterocycles. The van der Waals surface area contributed by atoms with Gasteiger partial charge < -0.3 is 0 Å². The Morgan fingerprint density at radius 1 is 1.25 bits per heavy atom. The zero-order valence-corrected chi connectivity index (χ0v) is 13.2. The lowest BCUT2D eigenvalue weighted by Gasteiger charge is -2.12. The Morgan fingerprint density at radius 3 is 2.46 bits per heavy atom. The standard InChI is InChI=1S/C13H11F4N3O3S/c1-7-3-8(14)9(4-10(7)24(23)6-13(15,16)17)20-12(22)19(2)11(21)5-18-20/h3-5H,6H2,1-2H3. The lowest BCUT2D eigenvalue weighted by molar-refractivity contribution is -0.105. The summed E-state index contributed by atoms with van der Waals surface area (Å²) >= 11 is 0. The molecule has 0 amide bonds. The quantitative estimate of drug-likeness (QED) is 0.762. The van der Waals surface area contributed by atoms with Gasteiger partial charge in [0.05, 0.1) is 10.8 Å². The van der Waals surface area contributed by atoms with Crippen molar-refractivity contribution in [1.82, 2.24) is 14.3 Å². The first-order valence-corrected chi connectivity index (χ1v) is 7.74. The van der Waals surface area contributed by atoms with Crippen LogP contribution in [-0.2, 0) is 17.8 Å². The van der Waals surface area contributed by atoms with Gasteiger partial charge in [0.25, 0.3) is 5.56 Å². The smallest absolute Gasteiger partial charge is 0.267 e. The molecule has 11 heteroatoms. The van der Waals surface area contributed by atoms with Gasteiger partial charge in [0, 0.05) is 11.9 Å². The number of hydrogen-bond acceptors (Lipinski definition) is 4. The molecule has 130 valence electrons. The second kappa shape index (κ2) is 6.30. The monoisotopic (exact) mass is 365 g/mol. The first-order valence-electron chi connectivity index (χ1n) is 6.42. The van der Waals surface area contributed by atoms with E-state index >= 15 is 0 Å². The number of rotatable bonds is 3. The van der Waals surface area contributed by atoms with E-state index in [0.717, 1.165) is 25.4 Å². The molecule has 24 heavy (non-hydrogen) atoms.